The molecule has 5 heteroatoms. The Kier molecular flexibility index (Phi) is 1.33. The summed E-state index contributed by atoms with van der Waals surface area (Å²) in [7, 11) is 0. The van der Waals surface area contributed by atoms with Gasteiger partial charge in [-0.05, 0) is 25.7 Å². The zero-order valence-corrected chi connectivity index (χ0v) is 7.68. The van der Waals surface area contributed by atoms with Crippen molar-refractivity contribution in [2.24, 2.45) is 0 Å². The summed E-state index contributed by atoms with van der Waals surface area (Å²) in [5, 5.41) is 17.0. The van der Waals surface area contributed by atoms with Crippen LogP contribution in [0.4, 0.5) is 0 Å². The van der Waals surface area contributed by atoms with Crippen LogP contribution in [0, 0.1) is 0 Å². The van der Waals surface area contributed by atoms with Gasteiger partial charge < -0.3 is 9.67 Å². The molecular weight excluding hydrogens is 182 g/mol. The number of hydrogen-bond acceptors (Lipinski definition) is 3. The summed E-state index contributed by atoms with van der Waals surface area (Å²) in [5.41, 5.74) is -0.707. The Labute approximate surface area is 80.8 Å². The first kappa shape index (κ1) is 7.96. The SMILES string of the molecule is O=C(O)C1(n2cnnc2C2CC2)CC1. The van der Waals surface area contributed by atoms with Gasteiger partial charge in [-0.1, -0.05) is 0 Å². The molecule has 2 fully saturated rings. The Morgan fingerprint density at radius 1 is 1.57 bits per heavy atom. The van der Waals surface area contributed by atoms with Crippen LogP contribution < -0.4 is 0 Å². The van der Waals surface area contributed by atoms with Crippen molar-refractivity contribution in [3.05, 3.63) is 12.2 Å². The van der Waals surface area contributed by atoms with Crippen molar-refractivity contribution in [1.29, 1.82) is 0 Å². The van der Waals surface area contributed by atoms with Gasteiger partial charge in [0.05, 0.1) is 0 Å². The lowest BCUT2D eigenvalue weighted by atomic mass is 10.2. The van der Waals surface area contributed by atoms with E-state index in [0.717, 1.165) is 18.7 Å². The molecule has 0 spiro atoms. The molecule has 5 nitrogen and oxygen atoms in total. The lowest BCUT2D eigenvalue weighted by Gasteiger charge is -2.13. The molecule has 3 rings (SSSR count). The maximum absolute atomic E-state index is 11.1. The van der Waals surface area contributed by atoms with E-state index in [0.29, 0.717) is 18.8 Å². The average Bonchev–Trinajstić information content (AvgIpc) is 3.06. The van der Waals surface area contributed by atoms with Gasteiger partial charge in [-0.3, -0.25) is 0 Å². The molecule has 0 saturated heterocycles. The van der Waals surface area contributed by atoms with Crippen LogP contribution >= 0.6 is 0 Å². The highest BCUT2D eigenvalue weighted by atomic mass is 16.4. The Morgan fingerprint density at radius 2 is 2.29 bits per heavy atom. The number of carboxylic acid groups (broad SMARTS) is 1. The third kappa shape index (κ3) is 0.921. The Balaban J connectivity index is 2.03. The van der Waals surface area contributed by atoms with Gasteiger partial charge in [0, 0.05) is 5.92 Å². The second kappa shape index (κ2) is 2.34. The highest BCUT2D eigenvalue weighted by molar-refractivity contribution is 5.80. The first-order valence-electron chi connectivity index (χ1n) is 4.88. The van der Waals surface area contributed by atoms with E-state index in [2.05, 4.69) is 10.2 Å². The predicted octanol–water partition coefficient (Wildman–Crippen LogP) is 0.729. The van der Waals surface area contributed by atoms with Gasteiger partial charge in [0.2, 0.25) is 0 Å². The molecule has 0 unspecified atom stereocenters. The summed E-state index contributed by atoms with van der Waals surface area (Å²) >= 11 is 0. The quantitative estimate of drug-likeness (QED) is 0.768. The van der Waals surface area contributed by atoms with Crippen molar-refractivity contribution in [3.63, 3.8) is 0 Å². The van der Waals surface area contributed by atoms with Gasteiger partial charge in [0.15, 0.2) is 0 Å². The first-order chi connectivity index (χ1) is 6.74. The molecule has 1 aromatic heterocycles. The molecule has 74 valence electrons. The summed E-state index contributed by atoms with van der Waals surface area (Å²) in [5.74, 6) is 0.568. The number of carboxylic acids is 1. The second-order valence-corrected chi connectivity index (χ2v) is 4.17. The van der Waals surface area contributed by atoms with E-state index < -0.39 is 11.5 Å². The minimum atomic E-state index is -0.751. The highest BCUT2D eigenvalue weighted by Crippen LogP contribution is 2.48. The van der Waals surface area contributed by atoms with Crippen molar-refractivity contribution >= 4 is 5.97 Å². The fourth-order valence-corrected chi connectivity index (χ4v) is 1.87. The van der Waals surface area contributed by atoms with Crippen molar-refractivity contribution in [1.82, 2.24) is 14.8 Å². The minimum absolute atomic E-state index is 0.453. The molecule has 2 aliphatic carbocycles. The van der Waals surface area contributed by atoms with Gasteiger partial charge in [-0.2, -0.15) is 0 Å². The summed E-state index contributed by atoms with van der Waals surface area (Å²) in [6.07, 6.45) is 5.22. The molecule has 0 radical (unpaired) electrons. The van der Waals surface area contributed by atoms with E-state index >= 15 is 0 Å². The maximum atomic E-state index is 11.1. The number of hydrogen-bond donors (Lipinski definition) is 1. The van der Waals surface area contributed by atoms with Gasteiger partial charge in [0.1, 0.15) is 17.7 Å². The highest BCUT2D eigenvalue weighted by Gasteiger charge is 2.54. The number of aliphatic carboxylic acids is 1. The summed E-state index contributed by atoms with van der Waals surface area (Å²) in [4.78, 5) is 11.1. The monoisotopic (exact) mass is 193 g/mol. The first-order valence-corrected chi connectivity index (χ1v) is 4.88. The van der Waals surface area contributed by atoms with Gasteiger partial charge in [0.25, 0.3) is 0 Å². The standard InChI is InChI=1S/C9H11N3O2/c13-8(14)9(3-4-9)12-5-10-11-7(12)6-1-2-6/h5-6H,1-4H2,(H,13,14). The fraction of sp³-hybridized carbons (Fsp3) is 0.667. The zero-order valence-electron chi connectivity index (χ0n) is 7.68. The normalized spacial score (nSPS) is 23.4. The fourth-order valence-electron chi connectivity index (χ4n) is 1.87. The lowest BCUT2D eigenvalue weighted by Crippen LogP contribution is -2.28. The molecule has 2 saturated carbocycles. The Morgan fingerprint density at radius 3 is 2.79 bits per heavy atom. The zero-order chi connectivity index (χ0) is 9.76. The third-order valence-corrected chi connectivity index (χ3v) is 3.10. The molecule has 1 heterocycles. The van der Waals surface area contributed by atoms with Crippen molar-refractivity contribution in [2.45, 2.75) is 37.1 Å². The number of nitrogens with zero attached hydrogens (tertiary/aromatic N) is 3. The number of rotatable bonds is 3. The third-order valence-electron chi connectivity index (χ3n) is 3.10. The predicted molar refractivity (Wildman–Crippen MR) is 46.8 cm³/mol. The molecule has 14 heavy (non-hydrogen) atoms. The van der Waals surface area contributed by atoms with Crippen LogP contribution in [0.25, 0.3) is 0 Å². The van der Waals surface area contributed by atoms with Gasteiger partial charge >= 0.3 is 5.97 Å². The van der Waals surface area contributed by atoms with Gasteiger partial charge in [-0.25, -0.2) is 4.79 Å². The molecule has 0 amide bonds. The molecule has 0 aromatic carbocycles. The molecule has 0 bridgehead atoms. The van der Waals surface area contributed by atoms with Crippen LogP contribution in [-0.2, 0) is 10.3 Å². The van der Waals surface area contributed by atoms with E-state index in [1.165, 1.54) is 0 Å². The van der Waals surface area contributed by atoms with Crippen molar-refractivity contribution in [2.75, 3.05) is 0 Å². The maximum Gasteiger partial charge on any atom is 0.329 e. The van der Waals surface area contributed by atoms with Crippen LogP contribution in [0.5, 0.6) is 0 Å². The average molecular weight is 193 g/mol. The van der Waals surface area contributed by atoms with E-state index in [4.69, 9.17) is 5.11 Å². The minimum Gasteiger partial charge on any atom is -0.479 e. The molecule has 2 aliphatic rings. The van der Waals surface area contributed by atoms with Crippen LogP contribution in [0.3, 0.4) is 0 Å². The second-order valence-electron chi connectivity index (χ2n) is 4.17. The topological polar surface area (TPSA) is 68.0 Å². The summed E-state index contributed by atoms with van der Waals surface area (Å²) < 4.78 is 1.77. The van der Waals surface area contributed by atoms with Crippen LogP contribution in [0.1, 0.15) is 37.4 Å². The number of carbonyl (C=O) groups is 1. The van der Waals surface area contributed by atoms with Crippen molar-refractivity contribution < 1.29 is 9.90 Å². The van der Waals surface area contributed by atoms with E-state index in [1.54, 1.807) is 10.9 Å². The molecule has 0 atom stereocenters. The van der Waals surface area contributed by atoms with E-state index in [1.807, 2.05) is 0 Å². The van der Waals surface area contributed by atoms with Gasteiger partial charge in [-0.15, -0.1) is 10.2 Å². The lowest BCUT2D eigenvalue weighted by molar-refractivity contribution is -0.142. The molecule has 1 aromatic rings. The van der Waals surface area contributed by atoms with Crippen LogP contribution in [0.2, 0.25) is 0 Å². The Bertz CT molecular complexity index is 391. The largest absolute Gasteiger partial charge is 0.479 e. The number of aromatic nitrogens is 3. The molecule has 0 aliphatic heterocycles. The summed E-state index contributed by atoms with van der Waals surface area (Å²) in [6, 6.07) is 0. The smallest absolute Gasteiger partial charge is 0.329 e. The summed E-state index contributed by atoms with van der Waals surface area (Å²) in [6.45, 7) is 0. The molecule has 1 N–H and O–H groups in total. The molecular formula is C9H11N3O2. The van der Waals surface area contributed by atoms with Crippen LogP contribution in [0.15, 0.2) is 6.33 Å². The van der Waals surface area contributed by atoms with E-state index in [-0.39, 0.29) is 0 Å². The van der Waals surface area contributed by atoms with Crippen molar-refractivity contribution in [3.8, 4) is 0 Å². The van der Waals surface area contributed by atoms with Crippen LogP contribution in [-0.4, -0.2) is 25.8 Å². The Hall–Kier alpha value is -1.39. The van der Waals surface area contributed by atoms with E-state index in [9.17, 15) is 4.79 Å².